The van der Waals surface area contributed by atoms with Crippen LogP contribution in [0.5, 0.6) is 0 Å². The Morgan fingerprint density at radius 2 is 2.42 bits per heavy atom. The number of anilines is 1. The molecule has 1 unspecified atom stereocenters. The number of nitrogens with zero attached hydrogens (tertiary/aromatic N) is 4. The molecule has 0 aliphatic carbocycles. The molecule has 6 nitrogen and oxygen atoms in total. The Hall–Kier alpha value is -1.82. The Morgan fingerprint density at radius 1 is 1.63 bits per heavy atom. The second-order valence-electron chi connectivity index (χ2n) is 5.11. The van der Waals surface area contributed by atoms with Crippen molar-refractivity contribution in [1.82, 2.24) is 9.88 Å². The molecule has 1 aliphatic heterocycles. The molecule has 0 saturated carbocycles. The van der Waals surface area contributed by atoms with Gasteiger partial charge in [-0.05, 0) is 39.1 Å². The largest absolute Gasteiger partial charge is 0.409 e. The van der Waals surface area contributed by atoms with Crippen LogP contribution >= 0.6 is 0 Å². The smallest absolute Gasteiger partial charge is 0.173 e. The van der Waals surface area contributed by atoms with Crippen molar-refractivity contribution in [2.75, 3.05) is 32.1 Å². The van der Waals surface area contributed by atoms with Gasteiger partial charge in [-0.3, -0.25) is 0 Å². The summed E-state index contributed by atoms with van der Waals surface area (Å²) >= 11 is 0. The maximum absolute atomic E-state index is 8.88. The molecule has 1 aromatic rings. The number of nitrogens with two attached hydrogens (primary N) is 1. The first-order valence-electron chi connectivity index (χ1n) is 6.47. The summed E-state index contributed by atoms with van der Waals surface area (Å²) in [5.41, 5.74) is 6.42. The Labute approximate surface area is 113 Å². The molecule has 2 heterocycles. The Kier molecular flexibility index (Phi) is 4.21. The fourth-order valence-electron chi connectivity index (χ4n) is 2.61. The molecule has 1 aromatic heterocycles. The van der Waals surface area contributed by atoms with Crippen LogP contribution in [0.3, 0.4) is 0 Å². The van der Waals surface area contributed by atoms with E-state index in [4.69, 9.17) is 10.9 Å². The summed E-state index contributed by atoms with van der Waals surface area (Å²) < 4.78 is 0. The molecule has 0 spiro atoms. The number of oxime groups is 1. The van der Waals surface area contributed by atoms with Gasteiger partial charge in [-0.15, -0.1) is 0 Å². The zero-order chi connectivity index (χ0) is 13.8. The monoisotopic (exact) mass is 263 g/mol. The summed E-state index contributed by atoms with van der Waals surface area (Å²) in [5.74, 6) is 0.917. The first-order chi connectivity index (χ1) is 9.13. The van der Waals surface area contributed by atoms with E-state index in [9.17, 15) is 0 Å². The highest BCUT2D eigenvalue weighted by molar-refractivity contribution is 6.01. The highest BCUT2D eigenvalue weighted by atomic mass is 16.4. The van der Waals surface area contributed by atoms with E-state index in [0.717, 1.165) is 31.7 Å². The molecule has 1 atom stereocenters. The summed E-state index contributed by atoms with van der Waals surface area (Å²) in [7, 11) is 4.14. The molecule has 1 aliphatic rings. The van der Waals surface area contributed by atoms with Gasteiger partial charge in [0.2, 0.25) is 0 Å². The van der Waals surface area contributed by atoms with Crippen molar-refractivity contribution >= 4 is 11.7 Å². The molecular formula is C13H21N5O. The molecule has 1 fully saturated rings. The van der Waals surface area contributed by atoms with E-state index in [1.807, 2.05) is 6.07 Å². The Bertz CT molecular complexity index is 460. The van der Waals surface area contributed by atoms with Crippen LogP contribution in [0.25, 0.3) is 0 Å². The third kappa shape index (κ3) is 2.96. The summed E-state index contributed by atoms with van der Waals surface area (Å²) in [4.78, 5) is 8.86. The average molecular weight is 263 g/mol. The van der Waals surface area contributed by atoms with E-state index in [1.54, 1.807) is 12.3 Å². The van der Waals surface area contributed by atoms with Crippen molar-refractivity contribution in [2.24, 2.45) is 10.9 Å². The molecule has 0 radical (unpaired) electrons. The number of pyridine rings is 1. The van der Waals surface area contributed by atoms with Crippen LogP contribution in [0.15, 0.2) is 23.5 Å². The molecule has 0 bridgehead atoms. The molecule has 3 N–H and O–H groups in total. The molecule has 6 heteroatoms. The average Bonchev–Trinajstić information content (AvgIpc) is 2.85. The van der Waals surface area contributed by atoms with Gasteiger partial charge >= 0.3 is 0 Å². The minimum Gasteiger partial charge on any atom is -0.409 e. The van der Waals surface area contributed by atoms with Crippen molar-refractivity contribution in [1.29, 1.82) is 0 Å². The first-order valence-corrected chi connectivity index (χ1v) is 6.47. The number of hydrogen-bond donors (Lipinski definition) is 2. The lowest BCUT2D eigenvalue weighted by Crippen LogP contribution is -2.39. The van der Waals surface area contributed by atoms with Gasteiger partial charge in [0.15, 0.2) is 5.84 Å². The van der Waals surface area contributed by atoms with Gasteiger partial charge in [0.05, 0.1) is 5.56 Å². The zero-order valence-electron chi connectivity index (χ0n) is 11.5. The maximum Gasteiger partial charge on any atom is 0.173 e. The molecule has 0 amide bonds. The second-order valence-corrected chi connectivity index (χ2v) is 5.11. The fourth-order valence-corrected chi connectivity index (χ4v) is 2.61. The number of likely N-dealkylation sites (N-methyl/N-ethyl adjacent to an activating group) is 1. The van der Waals surface area contributed by atoms with Crippen LogP contribution in [-0.2, 0) is 0 Å². The third-order valence-corrected chi connectivity index (χ3v) is 3.40. The van der Waals surface area contributed by atoms with E-state index >= 15 is 0 Å². The molecule has 0 aromatic carbocycles. The van der Waals surface area contributed by atoms with Gasteiger partial charge in [-0.2, -0.15) is 0 Å². The number of amidine groups is 1. The van der Waals surface area contributed by atoms with Crippen molar-refractivity contribution in [3.63, 3.8) is 0 Å². The number of hydrogen-bond acceptors (Lipinski definition) is 5. The van der Waals surface area contributed by atoms with E-state index in [2.05, 4.69) is 34.0 Å². The minimum atomic E-state index is 0.110. The van der Waals surface area contributed by atoms with E-state index in [-0.39, 0.29) is 5.84 Å². The summed E-state index contributed by atoms with van der Waals surface area (Å²) in [5, 5.41) is 12.0. The fraction of sp³-hybridized carbons (Fsp3) is 0.538. The summed E-state index contributed by atoms with van der Waals surface area (Å²) in [6.07, 6.45) is 4.03. The van der Waals surface area contributed by atoms with Crippen LogP contribution in [0.2, 0.25) is 0 Å². The molecular weight excluding hydrogens is 242 g/mol. The van der Waals surface area contributed by atoms with Gasteiger partial charge in [0, 0.05) is 25.3 Å². The molecule has 2 rings (SSSR count). The van der Waals surface area contributed by atoms with Crippen LogP contribution in [-0.4, -0.2) is 54.2 Å². The summed E-state index contributed by atoms with van der Waals surface area (Å²) in [6.45, 7) is 1.94. The molecule has 1 saturated heterocycles. The lowest BCUT2D eigenvalue weighted by molar-refractivity contribution is 0.318. The zero-order valence-corrected chi connectivity index (χ0v) is 11.5. The van der Waals surface area contributed by atoms with E-state index in [0.29, 0.717) is 11.6 Å². The standard InChI is InChI=1S/C13H21N5O/c1-17(2)9-10-5-4-8-18(10)13-11(12(14)16-19)6-3-7-15-13/h3,6-7,10,19H,4-5,8-9H2,1-2H3,(H2,14,16). The normalized spacial score (nSPS) is 20.3. The van der Waals surface area contributed by atoms with Crippen LogP contribution < -0.4 is 10.6 Å². The van der Waals surface area contributed by atoms with Crippen molar-refractivity contribution in [3.05, 3.63) is 23.9 Å². The highest BCUT2D eigenvalue weighted by Gasteiger charge is 2.28. The second kappa shape index (κ2) is 5.88. The quantitative estimate of drug-likeness (QED) is 0.362. The van der Waals surface area contributed by atoms with Gasteiger partial charge < -0.3 is 20.7 Å². The highest BCUT2D eigenvalue weighted by Crippen LogP contribution is 2.26. The van der Waals surface area contributed by atoms with Crippen molar-refractivity contribution in [3.8, 4) is 0 Å². The van der Waals surface area contributed by atoms with Gasteiger partial charge in [-0.25, -0.2) is 4.98 Å². The predicted octanol–water partition coefficient (Wildman–Crippen LogP) is 0.706. The van der Waals surface area contributed by atoms with Gasteiger partial charge in [0.1, 0.15) is 5.82 Å². The summed E-state index contributed by atoms with van der Waals surface area (Å²) in [6, 6.07) is 4.06. The Balaban J connectivity index is 2.30. The number of aromatic nitrogens is 1. The maximum atomic E-state index is 8.88. The molecule has 104 valence electrons. The topological polar surface area (TPSA) is 78.0 Å². The third-order valence-electron chi connectivity index (χ3n) is 3.40. The molecule has 19 heavy (non-hydrogen) atoms. The van der Waals surface area contributed by atoms with Crippen molar-refractivity contribution < 1.29 is 5.21 Å². The lowest BCUT2D eigenvalue weighted by Gasteiger charge is -2.29. The van der Waals surface area contributed by atoms with Crippen LogP contribution in [0.4, 0.5) is 5.82 Å². The van der Waals surface area contributed by atoms with E-state index < -0.39 is 0 Å². The Morgan fingerprint density at radius 3 is 3.11 bits per heavy atom. The predicted molar refractivity (Wildman–Crippen MR) is 75.7 cm³/mol. The first kappa shape index (κ1) is 13.6. The lowest BCUT2D eigenvalue weighted by atomic mass is 10.2. The van der Waals surface area contributed by atoms with Gasteiger partial charge in [0.25, 0.3) is 0 Å². The van der Waals surface area contributed by atoms with Crippen molar-refractivity contribution in [2.45, 2.75) is 18.9 Å². The SMILES string of the molecule is CN(C)CC1CCCN1c1ncccc1C(N)=NO. The van der Waals surface area contributed by atoms with E-state index in [1.165, 1.54) is 0 Å². The van der Waals surface area contributed by atoms with Crippen LogP contribution in [0, 0.1) is 0 Å². The van der Waals surface area contributed by atoms with Gasteiger partial charge in [-0.1, -0.05) is 5.16 Å². The minimum absolute atomic E-state index is 0.110. The van der Waals surface area contributed by atoms with Crippen LogP contribution in [0.1, 0.15) is 18.4 Å². The number of rotatable bonds is 4.